The molecule has 3 aromatic carbocycles. The fraction of sp³-hybridized carbons (Fsp3) is 0.143. The molecule has 2 nitrogen and oxygen atoms in total. The molecular weight excluding hydrogens is 318 g/mol. The van der Waals surface area contributed by atoms with Crippen LogP contribution in [0.5, 0.6) is 0 Å². The minimum Gasteiger partial charge on any atom is -0.354 e. The largest absolute Gasteiger partial charge is 0.354 e. The average Bonchev–Trinajstić information content (AvgIpc) is 3.27. The highest BCUT2D eigenvalue weighted by Gasteiger charge is 2.24. The van der Waals surface area contributed by atoms with Gasteiger partial charge < -0.3 is 9.97 Å². The standard InChI is InChI=1S/C21H14F2N2/c22-10-4-6-14-16(8-10)25-21-18(14)12-2-1-3-13(12)20-19(21)15-7-5-11(23)9-17(15)24-20/h4-9,24-25H,1-3H2. The van der Waals surface area contributed by atoms with E-state index < -0.39 is 0 Å². The molecule has 0 spiro atoms. The zero-order chi connectivity index (χ0) is 16.7. The predicted molar refractivity (Wildman–Crippen MR) is 97.1 cm³/mol. The number of aromatic nitrogens is 2. The molecule has 5 aromatic rings. The SMILES string of the molecule is Fc1ccc2c(c1)[nH]c1c2c2c(c3[nH]c4cc(F)ccc4c31)CCC2. The minimum atomic E-state index is -0.245. The monoisotopic (exact) mass is 332 g/mol. The second kappa shape index (κ2) is 4.39. The molecule has 25 heavy (non-hydrogen) atoms. The first-order chi connectivity index (χ1) is 12.2. The van der Waals surface area contributed by atoms with E-state index in [9.17, 15) is 8.78 Å². The summed E-state index contributed by atoms with van der Waals surface area (Å²) in [6, 6.07) is 9.81. The predicted octanol–water partition coefficient (Wildman–Crippen LogP) is 5.72. The van der Waals surface area contributed by atoms with Crippen LogP contribution >= 0.6 is 0 Å². The van der Waals surface area contributed by atoms with E-state index in [-0.39, 0.29) is 11.6 Å². The van der Waals surface area contributed by atoms with Crippen LogP contribution in [0.25, 0.3) is 43.6 Å². The van der Waals surface area contributed by atoms with Crippen molar-refractivity contribution in [1.82, 2.24) is 9.97 Å². The van der Waals surface area contributed by atoms with Gasteiger partial charge in [0.25, 0.3) is 0 Å². The molecule has 0 unspecified atom stereocenters. The summed E-state index contributed by atoms with van der Waals surface area (Å²) in [7, 11) is 0. The second-order valence-electron chi connectivity index (χ2n) is 6.94. The van der Waals surface area contributed by atoms with E-state index in [1.165, 1.54) is 28.6 Å². The highest BCUT2D eigenvalue weighted by Crippen LogP contribution is 2.43. The first kappa shape index (κ1) is 13.4. The summed E-state index contributed by atoms with van der Waals surface area (Å²) in [5, 5.41) is 4.35. The lowest BCUT2D eigenvalue weighted by Gasteiger charge is -2.05. The molecule has 6 rings (SSSR count). The van der Waals surface area contributed by atoms with Crippen LogP contribution < -0.4 is 0 Å². The Balaban J connectivity index is 1.95. The van der Waals surface area contributed by atoms with Crippen molar-refractivity contribution in [3.63, 3.8) is 0 Å². The second-order valence-corrected chi connectivity index (χ2v) is 6.94. The zero-order valence-corrected chi connectivity index (χ0v) is 13.3. The van der Waals surface area contributed by atoms with Crippen molar-refractivity contribution in [3.8, 4) is 0 Å². The van der Waals surface area contributed by atoms with Crippen LogP contribution in [0.1, 0.15) is 17.5 Å². The van der Waals surface area contributed by atoms with Crippen LogP contribution in [0.2, 0.25) is 0 Å². The number of hydrogen-bond acceptors (Lipinski definition) is 0. The highest BCUT2D eigenvalue weighted by atomic mass is 19.1. The Bertz CT molecular complexity index is 1340. The first-order valence-electron chi connectivity index (χ1n) is 8.56. The molecule has 1 aliphatic carbocycles. The topological polar surface area (TPSA) is 31.6 Å². The van der Waals surface area contributed by atoms with Gasteiger partial charge >= 0.3 is 0 Å². The van der Waals surface area contributed by atoms with Crippen LogP contribution in [0.3, 0.4) is 0 Å². The number of nitrogens with one attached hydrogen (secondary N) is 2. The average molecular weight is 332 g/mol. The van der Waals surface area contributed by atoms with Crippen LogP contribution in [0, 0.1) is 11.6 Å². The fourth-order valence-electron chi connectivity index (χ4n) is 4.62. The maximum Gasteiger partial charge on any atom is 0.125 e. The lowest BCUT2D eigenvalue weighted by molar-refractivity contribution is 0.629. The van der Waals surface area contributed by atoms with Gasteiger partial charge in [0.05, 0.1) is 11.0 Å². The molecule has 0 radical (unpaired) electrons. The van der Waals surface area contributed by atoms with E-state index in [1.54, 1.807) is 12.1 Å². The van der Waals surface area contributed by atoms with E-state index in [2.05, 4.69) is 9.97 Å². The van der Waals surface area contributed by atoms with Crippen molar-refractivity contribution in [2.45, 2.75) is 19.3 Å². The maximum absolute atomic E-state index is 13.7. The number of hydrogen-bond donors (Lipinski definition) is 2. The summed E-state index contributed by atoms with van der Waals surface area (Å²) in [5.74, 6) is -0.487. The van der Waals surface area contributed by atoms with Gasteiger partial charge in [-0.05, 0) is 66.8 Å². The zero-order valence-electron chi connectivity index (χ0n) is 13.3. The van der Waals surface area contributed by atoms with Crippen molar-refractivity contribution >= 4 is 43.6 Å². The van der Waals surface area contributed by atoms with Gasteiger partial charge in [-0.25, -0.2) is 8.78 Å². The Morgan fingerprint density at radius 1 is 0.680 bits per heavy atom. The summed E-state index contributed by atoms with van der Waals surface area (Å²) in [4.78, 5) is 6.86. The van der Waals surface area contributed by atoms with Crippen molar-refractivity contribution in [2.24, 2.45) is 0 Å². The number of halogens is 2. The Morgan fingerprint density at radius 3 is 2.00 bits per heavy atom. The van der Waals surface area contributed by atoms with Crippen LogP contribution in [0.15, 0.2) is 36.4 Å². The van der Waals surface area contributed by atoms with Crippen LogP contribution in [-0.4, -0.2) is 9.97 Å². The maximum atomic E-state index is 13.7. The van der Waals surface area contributed by atoms with Gasteiger partial charge in [0.15, 0.2) is 0 Å². The highest BCUT2D eigenvalue weighted by molar-refractivity contribution is 6.26. The van der Waals surface area contributed by atoms with E-state index in [4.69, 9.17) is 0 Å². The van der Waals surface area contributed by atoms with Crippen molar-refractivity contribution in [1.29, 1.82) is 0 Å². The molecule has 4 heteroatoms. The molecule has 2 heterocycles. The summed E-state index contributed by atoms with van der Waals surface area (Å²) in [6.07, 6.45) is 3.15. The van der Waals surface area contributed by atoms with Gasteiger partial charge in [0.2, 0.25) is 0 Å². The molecule has 0 bridgehead atoms. The van der Waals surface area contributed by atoms with Crippen molar-refractivity contribution < 1.29 is 8.78 Å². The van der Waals surface area contributed by atoms with Gasteiger partial charge in [0.1, 0.15) is 11.6 Å². The number of aromatic amines is 2. The molecule has 0 saturated carbocycles. The Kier molecular flexibility index (Phi) is 2.36. The quantitative estimate of drug-likeness (QED) is 0.363. The lowest BCUT2D eigenvalue weighted by Crippen LogP contribution is -1.87. The van der Waals surface area contributed by atoms with Crippen LogP contribution in [0.4, 0.5) is 8.78 Å². The summed E-state index contributed by atoms with van der Waals surface area (Å²) in [5.41, 5.74) is 6.40. The fourth-order valence-corrected chi connectivity index (χ4v) is 4.62. The van der Waals surface area contributed by atoms with Crippen molar-refractivity contribution in [2.75, 3.05) is 0 Å². The van der Waals surface area contributed by atoms with Gasteiger partial charge in [0, 0.05) is 32.6 Å². The normalized spacial score (nSPS) is 14.3. The Labute approximate surface area is 141 Å². The molecule has 0 saturated heterocycles. The Morgan fingerprint density at radius 2 is 1.28 bits per heavy atom. The lowest BCUT2D eigenvalue weighted by atomic mass is 9.98. The number of aryl methyl sites for hydroxylation is 2. The van der Waals surface area contributed by atoms with Gasteiger partial charge in [-0.1, -0.05) is 0 Å². The van der Waals surface area contributed by atoms with Gasteiger partial charge in [-0.2, -0.15) is 0 Å². The first-order valence-corrected chi connectivity index (χ1v) is 8.56. The molecule has 2 aromatic heterocycles. The summed E-state index contributed by atoms with van der Waals surface area (Å²) < 4.78 is 27.4. The molecule has 0 amide bonds. The number of benzene rings is 3. The smallest absolute Gasteiger partial charge is 0.125 e. The molecule has 0 fully saturated rings. The number of H-pyrrole nitrogens is 2. The molecule has 1 aliphatic rings. The summed E-state index contributed by atoms with van der Waals surface area (Å²) >= 11 is 0. The number of rotatable bonds is 0. The van der Waals surface area contributed by atoms with Crippen LogP contribution in [-0.2, 0) is 12.8 Å². The molecule has 0 atom stereocenters. The van der Waals surface area contributed by atoms with Gasteiger partial charge in [-0.3, -0.25) is 0 Å². The molecule has 2 N–H and O–H groups in total. The molecule has 122 valence electrons. The van der Waals surface area contributed by atoms with E-state index in [0.717, 1.165) is 57.5 Å². The van der Waals surface area contributed by atoms with Crippen molar-refractivity contribution in [3.05, 3.63) is 59.2 Å². The van der Waals surface area contributed by atoms with E-state index in [1.807, 2.05) is 12.1 Å². The summed E-state index contributed by atoms with van der Waals surface area (Å²) in [6.45, 7) is 0. The number of fused-ring (bicyclic) bond motifs is 10. The molecule has 0 aliphatic heterocycles. The minimum absolute atomic E-state index is 0.243. The van der Waals surface area contributed by atoms with Gasteiger partial charge in [-0.15, -0.1) is 0 Å². The third-order valence-corrected chi connectivity index (χ3v) is 5.59. The Hall–Kier alpha value is -2.88. The van der Waals surface area contributed by atoms with E-state index in [0.29, 0.717) is 0 Å². The van der Waals surface area contributed by atoms with E-state index >= 15 is 0 Å². The molecular formula is C21H14F2N2. The third kappa shape index (κ3) is 1.62. The third-order valence-electron chi connectivity index (χ3n) is 5.59.